The highest BCUT2D eigenvalue weighted by Crippen LogP contribution is 2.27. The second-order valence-electron chi connectivity index (χ2n) is 4.91. The molecule has 106 valence electrons. The summed E-state index contributed by atoms with van der Waals surface area (Å²) in [5, 5.41) is 2.19. The molecule has 2 N–H and O–H groups in total. The molecule has 0 saturated heterocycles. The zero-order chi connectivity index (χ0) is 14.7. The van der Waals surface area contributed by atoms with E-state index in [0.29, 0.717) is 4.99 Å². The molecule has 1 aromatic heterocycles. The molecule has 0 spiro atoms. The van der Waals surface area contributed by atoms with Gasteiger partial charge in [-0.3, -0.25) is 0 Å². The number of ether oxygens (including phenoxy) is 1. The van der Waals surface area contributed by atoms with Gasteiger partial charge in [0.2, 0.25) is 0 Å². The molecule has 0 amide bonds. The average Bonchev–Trinajstić information content (AvgIpc) is 2.45. The summed E-state index contributed by atoms with van der Waals surface area (Å²) in [7, 11) is 3.67. The Hall–Kier alpha value is -1.88. The van der Waals surface area contributed by atoms with Crippen molar-refractivity contribution >= 4 is 33.8 Å². The molecule has 0 radical (unpaired) electrons. The summed E-state index contributed by atoms with van der Waals surface area (Å²) in [6, 6.07) is 7.95. The van der Waals surface area contributed by atoms with Gasteiger partial charge in [0.05, 0.1) is 12.1 Å². The lowest BCUT2D eigenvalue weighted by Crippen LogP contribution is -2.31. The van der Waals surface area contributed by atoms with Crippen LogP contribution in [0.15, 0.2) is 30.5 Å². The van der Waals surface area contributed by atoms with Gasteiger partial charge in [-0.1, -0.05) is 19.1 Å². The lowest BCUT2D eigenvalue weighted by Gasteiger charge is -2.23. The molecule has 5 heteroatoms. The Morgan fingerprint density at radius 3 is 2.85 bits per heavy atom. The quantitative estimate of drug-likeness (QED) is 0.857. The van der Waals surface area contributed by atoms with Crippen LogP contribution in [0, 0.1) is 5.92 Å². The first-order valence-electron chi connectivity index (χ1n) is 6.46. The number of hydrogen-bond acceptors (Lipinski definition) is 4. The van der Waals surface area contributed by atoms with Crippen molar-refractivity contribution < 1.29 is 4.74 Å². The molecule has 0 saturated carbocycles. The van der Waals surface area contributed by atoms with Crippen molar-refractivity contribution in [2.24, 2.45) is 11.7 Å². The minimum absolute atomic E-state index is 0.144. The molecule has 20 heavy (non-hydrogen) atoms. The molecule has 0 aliphatic heterocycles. The number of fused-ring (bicyclic) bond motifs is 1. The zero-order valence-electron chi connectivity index (χ0n) is 12.0. The van der Waals surface area contributed by atoms with Crippen LogP contribution >= 0.6 is 12.2 Å². The number of benzene rings is 1. The first-order chi connectivity index (χ1) is 9.52. The Bertz CT molecular complexity index is 630. The maximum atomic E-state index is 5.68. The second kappa shape index (κ2) is 6.05. The molecule has 2 aromatic rings. The minimum Gasteiger partial charge on any atom is -0.497 e. The van der Waals surface area contributed by atoms with Crippen molar-refractivity contribution in [1.82, 2.24) is 4.98 Å². The van der Waals surface area contributed by atoms with Crippen molar-refractivity contribution in [3.05, 3.63) is 30.5 Å². The number of methoxy groups -OCH3 is 1. The Morgan fingerprint density at radius 2 is 2.20 bits per heavy atom. The molecule has 0 aliphatic rings. The topological polar surface area (TPSA) is 51.4 Å². The minimum atomic E-state index is 0.144. The van der Waals surface area contributed by atoms with Gasteiger partial charge in [-0.2, -0.15) is 0 Å². The van der Waals surface area contributed by atoms with Crippen LogP contribution in [0.5, 0.6) is 5.75 Å². The third kappa shape index (κ3) is 2.99. The van der Waals surface area contributed by atoms with Crippen molar-refractivity contribution in [2.45, 2.75) is 6.92 Å². The lowest BCUT2D eigenvalue weighted by molar-refractivity contribution is 0.415. The molecular formula is C15H19N3OS. The normalized spacial score (nSPS) is 12.2. The Labute approximate surface area is 124 Å². The second-order valence-corrected chi connectivity index (χ2v) is 5.38. The molecule has 0 fully saturated rings. The summed E-state index contributed by atoms with van der Waals surface area (Å²) in [5.41, 5.74) is 5.68. The smallest absolute Gasteiger partial charge is 0.136 e. The number of pyridine rings is 1. The number of anilines is 1. The summed E-state index contributed by atoms with van der Waals surface area (Å²) in [4.78, 5) is 7.08. The van der Waals surface area contributed by atoms with Crippen LogP contribution in [0.3, 0.4) is 0 Å². The van der Waals surface area contributed by atoms with E-state index in [1.807, 2.05) is 38.2 Å². The summed E-state index contributed by atoms with van der Waals surface area (Å²) >= 11 is 5.03. The predicted molar refractivity (Wildman–Crippen MR) is 87.5 cm³/mol. The SMILES string of the molecule is COc1ccc2c(N(C)CC(C)C(N)=S)nccc2c1. The molecule has 1 aromatic carbocycles. The fourth-order valence-electron chi connectivity index (χ4n) is 2.16. The van der Waals surface area contributed by atoms with Gasteiger partial charge < -0.3 is 15.4 Å². The third-order valence-corrected chi connectivity index (χ3v) is 3.75. The van der Waals surface area contributed by atoms with Gasteiger partial charge in [-0.15, -0.1) is 0 Å². The molecule has 1 unspecified atom stereocenters. The number of thiocarbonyl (C=S) groups is 1. The van der Waals surface area contributed by atoms with E-state index < -0.39 is 0 Å². The number of rotatable bonds is 5. The van der Waals surface area contributed by atoms with Crippen molar-refractivity contribution in [3.63, 3.8) is 0 Å². The fraction of sp³-hybridized carbons (Fsp3) is 0.333. The highest BCUT2D eigenvalue weighted by molar-refractivity contribution is 7.80. The van der Waals surface area contributed by atoms with Gasteiger partial charge in [0.15, 0.2) is 0 Å². The Morgan fingerprint density at radius 1 is 1.45 bits per heavy atom. The summed E-state index contributed by atoms with van der Waals surface area (Å²) in [6.45, 7) is 2.76. The largest absolute Gasteiger partial charge is 0.497 e. The van der Waals surface area contributed by atoms with E-state index in [0.717, 1.165) is 28.9 Å². The molecule has 0 aliphatic carbocycles. The van der Waals surface area contributed by atoms with Gasteiger partial charge >= 0.3 is 0 Å². The van der Waals surface area contributed by atoms with Crippen molar-refractivity contribution in [1.29, 1.82) is 0 Å². The Kier molecular flexibility index (Phi) is 4.39. The van der Waals surface area contributed by atoms with E-state index in [1.165, 1.54) is 0 Å². The highest BCUT2D eigenvalue weighted by atomic mass is 32.1. The summed E-state index contributed by atoms with van der Waals surface area (Å²) in [5.74, 6) is 1.91. The van der Waals surface area contributed by atoms with Crippen LogP contribution in [0.2, 0.25) is 0 Å². The fourth-order valence-corrected chi connectivity index (χ4v) is 2.23. The first-order valence-corrected chi connectivity index (χ1v) is 6.87. The molecule has 4 nitrogen and oxygen atoms in total. The highest BCUT2D eigenvalue weighted by Gasteiger charge is 2.13. The van der Waals surface area contributed by atoms with Crippen molar-refractivity contribution in [2.75, 3.05) is 25.6 Å². The van der Waals surface area contributed by atoms with Crippen molar-refractivity contribution in [3.8, 4) is 5.75 Å². The number of nitrogens with two attached hydrogens (primary N) is 1. The van der Waals surface area contributed by atoms with E-state index in [9.17, 15) is 0 Å². The monoisotopic (exact) mass is 289 g/mol. The average molecular weight is 289 g/mol. The molecular weight excluding hydrogens is 270 g/mol. The van der Waals surface area contributed by atoms with Crippen LogP contribution in [-0.2, 0) is 0 Å². The van der Waals surface area contributed by atoms with Crippen LogP contribution in [0.25, 0.3) is 10.8 Å². The zero-order valence-corrected chi connectivity index (χ0v) is 12.8. The van der Waals surface area contributed by atoms with Crippen LogP contribution < -0.4 is 15.4 Å². The molecule has 1 heterocycles. The predicted octanol–water partition coefficient (Wildman–Crippen LogP) is 2.60. The number of hydrogen-bond donors (Lipinski definition) is 1. The van der Waals surface area contributed by atoms with Gasteiger partial charge in [0, 0.05) is 31.1 Å². The number of nitrogens with zero attached hydrogens (tertiary/aromatic N) is 2. The summed E-state index contributed by atoms with van der Waals surface area (Å²) in [6.07, 6.45) is 1.80. The van der Waals surface area contributed by atoms with Gasteiger partial charge in [-0.05, 0) is 29.7 Å². The molecule has 0 bridgehead atoms. The maximum Gasteiger partial charge on any atom is 0.136 e. The van der Waals surface area contributed by atoms with Gasteiger partial charge in [-0.25, -0.2) is 4.98 Å². The van der Waals surface area contributed by atoms with E-state index >= 15 is 0 Å². The summed E-state index contributed by atoms with van der Waals surface area (Å²) < 4.78 is 5.25. The van der Waals surface area contributed by atoms with E-state index in [-0.39, 0.29) is 5.92 Å². The first kappa shape index (κ1) is 14.5. The van der Waals surface area contributed by atoms with Gasteiger partial charge in [0.25, 0.3) is 0 Å². The van der Waals surface area contributed by atoms with Gasteiger partial charge in [0.1, 0.15) is 11.6 Å². The maximum absolute atomic E-state index is 5.68. The van der Waals surface area contributed by atoms with E-state index in [4.69, 9.17) is 22.7 Å². The van der Waals surface area contributed by atoms with Crippen LogP contribution in [0.1, 0.15) is 6.92 Å². The van der Waals surface area contributed by atoms with Crippen LogP contribution in [-0.4, -0.2) is 30.7 Å². The Balaban J connectivity index is 2.36. The van der Waals surface area contributed by atoms with E-state index in [2.05, 4.69) is 9.88 Å². The number of aromatic nitrogens is 1. The van der Waals surface area contributed by atoms with E-state index in [1.54, 1.807) is 13.3 Å². The van der Waals surface area contributed by atoms with Crippen LogP contribution in [0.4, 0.5) is 5.82 Å². The molecule has 1 atom stereocenters. The third-order valence-electron chi connectivity index (χ3n) is 3.35. The standard InChI is InChI=1S/C15H19N3OS/c1-10(14(16)20)9-18(2)15-13-5-4-12(19-3)8-11(13)6-7-17-15/h4-8,10H,9H2,1-3H3,(H2,16,20). The lowest BCUT2D eigenvalue weighted by atomic mass is 10.1. The molecule has 2 rings (SSSR count).